The summed E-state index contributed by atoms with van der Waals surface area (Å²) in [6.45, 7) is 18.5. The number of hydrogen-bond donors (Lipinski definition) is 1. The number of esters is 1. The number of ether oxygens (including phenoxy) is 2. The Hall–Kier alpha value is -3.36. The average molecular weight is 574 g/mol. The Morgan fingerprint density at radius 1 is 0.951 bits per heavy atom. The molecule has 1 N–H and O–H groups in total. The van der Waals surface area contributed by atoms with Crippen molar-refractivity contribution in [1.29, 1.82) is 0 Å². The first-order valence-electron chi connectivity index (χ1n) is 14.2. The molecule has 1 rings (SSSR count). The van der Waals surface area contributed by atoms with Crippen molar-refractivity contribution in [2.45, 2.75) is 99.4 Å². The van der Waals surface area contributed by atoms with Gasteiger partial charge in [-0.05, 0) is 51.5 Å². The number of nitrogens with one attached hydrogen (secondary N) is 1. The molecule has 1 aromatic rings. The smallest absolute Gasteiger partial charge is 0.410 e. The van der Waals surface area contributed by atoms with Crippen molar-refractivity contribution in [3.8, 4) is 0 Å². The molecular weight excluding hydrogens is 522 g/mol. The monoisotopic (exact) mass is 573 g/mol. The van der Waals surface area contributed by atoms with Crippen molar-refractivity contribution in [1.82, 2.24) is 15.1 Å². The summed E-state index contributed by atoms with van der Waals surface area (Å²) in [6.07, 6.45) is 1.33. The zero-order valence-corrected chi connectivity index (χ0v) is 27.0. The minimum atomic E-state index is -0.929. The number of rotatable bonds is 11. The fraction of sp³-hybridized carbons (Fsp3) is 0.625. The minimum Gasteiger partial charge on any atom is -0.463 e. The van der Waals surface area contributed by atoms with Gasteiger partial charge in [0.1, 0.15) is 17.7 Å². The number of likely N-dealkylation sites (N-methyl/N-ethyl adjacent to an activating group) is 2. The summed E-state index contributed by atoms with van der Waals surface area (Å²) >= 11 is 0. The summed E-state index contributed by atoms with van der Waals surface area (Å²) in [4.78, 5) is 56.0. The van der Waals surface area contributed by atoms with Crippen LogP contribution < -0.4 is 5.32 Å². The molecule has 0 saturated carbocycles. The van der Waals surface area contributed by atoms with Crippen LogP contribution in [0, 0.1) is 11.3 Å². The van der Waals surface area contributed by atoms with Gasteiger partial charge in [-0.15, -0.1) is 0 Å². The Labute approximate surface area is 246 Å². The van der Waals surface area contributed by atoms with Gasteiger partial charge in [0.2, 0.25) is 11.8 Å². The molecule has 0 heterocycles. The third kappa shape index (κ3) is 11.2. The maximum Gasteiger partial charge on any atom is 0.410 e. The fourth-order valence-electron chi connectivity index (χ4n) is 4.26. The third-order valence-electron chi connectivity index (χ3n) is 6.62. The molecule has 0 aliphatic carbocycles. The van der Waals surface area contributed by atoms with Crippen LogP contribution in [0.25, 0.3) is 0 Å². The lowest BCUT2D eigenvalue weighted by Gasteiger charge is -2.38. The molecule has 1 aromatic carbocycles. The van der Waals surface area contributed by atoms with E-state index in [4.69, 9.17) is 9.47 Å². The second kappa shape index (κ2) is 15.0. The van der Waals surface area contributed by atoms with Gasteiger partial charge in [-0.2, -0.15) is 0 Å². The van der Waals surface area contributed by atoms with Gasteiger partial charge in [0.15, 0.2) is 0 Å². The van der Waals surface area contributed by atoms with Crippen molar-refractivity contribution in [2.24, 2.45) is 11.3 Å². The van der Waals surface area contributed by atoms with Gasteiger partial charge in [0.25, 0.3) is 0 Å². The molecule has 9 nitrogen and oxygen atoms in total. The van der Waals surface area contributed by atoms with Crippen LogP contribution >= 0.6 is 0 Å². The maximum absolute atomic E-state index is 14.0. The van der Waals surface area contributed by atoms with Crippen LogP contribution in [0.15, 0.2) is 42.0 Å². The van der Waals surface area contributed by atoms with Crippen LogP contribution in [0.3, 0.4) is 0 Å². The molecule has 0 aliphatic rings. The van der Waals surface area contributed by atoms with E-state index in [-0.39, 0.29) is 24.9 Å². The molecule has 9 heteroatoms. The van der Waals surface area contributed by atoms with E-state index in [9.17, 15) is 19.2 Å². The molecule has 230 valence electrons. The predicted octanol–water partition coefficient (Wildman–Crippen LogP) is 4.99. The lowest BCUT2D eigenvalue weighted by molar-refractivity contribution is -0.141. The van der Waals surface area contributed by atoms with Crippen LogP contribution in [0.5, 0.6) is 0 Å². The van der Waals surface area contributed by atoms with Gasteiger partial charge in [-0.25, -0.2) is 9.59 Å². The number of carbonyl (C=O) groups is 4. The Bertz CT molecular complexity index is 1070. The van der Waals surface area contributed by atoms with E-state index in [2.05, 4.69) is 5.32 Å². The van der Waals surface area contributed by atoms with E-state index >= 15 is 0 Å². The van der Waals surface area contributed by atoms with E-state index in [1.807, 2.05) is 65.0 Å². The molecule has 3 atom stereocenters. The number of hydrogen-bond acceptors (Lipinski definition) is 6. The summed E-state index contributed by atoms with van der Waals surface area (Å²) in [5.41, 5.74) is -0.140. The Morgan fingerprint density at radius 2 is 1.51 bits per heavy atom. The van der Waals surface area contributed by atoms with Gasteiger partial charge >= 0.3 is 12.1 Å². The van der Waals surface area contributed by atoms with Crippen LogP contribution in [0.1, 0.15) is 74.8 Å². The zero-order valence-electron chi connectivity index (χ0n) is 27.0. The highest BCUT2D eigenvalue weighted by Gasteiger charge is 2.40. The standard InChI is InChI=1S/C32H51N3O6/c1-13-40-29(38)22(4)19-24(21(2)3)34(11)28(37)26(31(5,6)7)33-27(36)25(20-23-17-15-14-16-18-23)35(12)30(39)41-32(8,9)10/h14-19,21,24-26H,13,20H2,1-12H3,(H,33,36)/b22-19+/t24-,25+,26-/m1/s1. The van der Waals surface area contributed by atoms with Crippen molar-refractivity contribution in [3.05, 3.63) is 47.5 Å². The van der Waals surface area contributed by atoms with Crippen LogP contribution in [-0.4, -0.2) is 78.1 Å². The molecule has 41 heavy (non-hydrogen) atoms. The lowest BCUT2D eigenvalue weighted by Crippen LogP contribution is -2.60. The molecule has 3 amide bonds. The summed E-state index contributed by atoms with van der Waals surface area (Å²) < 4.78 is 10.7. The first-order valence-corrected chi connectivity index (χ1v) is 14.2. The van der Waals surface area contributed by atoms with E-state index in [1.54, 1.807) is 52.6 Å². The van der Waals surface area contributed by atoms with Crippen molar-refractivity contribution in [2.75, 3.05) is 20.7 Å². The second-order valence-electron chi connectivity index (χ2n) is 12.9. The molecule has 0 saturated heterocycles. The number of benzene rings is 1. The summed E-state index contributed by atoms with van der Waals surface area (Å²) in [7, 11) is 3.19. The summed E-state index contributed by atoms with van der Waals surface area (Å²) in [5, 5.41) is 2.95. The molecule has 0 bridgehead atoms. The van der Waals surface area contributed by atoms with Crippen molar-refractivity contribution < 1.29 is 28.7 Å². The fourth-order valence-corrected chi connectivity index (χ4v) is 4.26. The van der Waals surface area contributed by atoms with Gasteiger partial charge in [-0.3, -0.25) is 14.5 Å². The van der Waals surface area contributed by atoms with E-state index in [0.29, 0.717) is 5.57 Å². The minimum absolute atomic E-state index is 0.0197. The second-order valence-corrected chi connectivity index (χ2v) is 12.9. The van der Waals surface area contributed by atoms with Crippen molar-refractivity contribution in [3.63, 3.8) is 0 Å². The molecule has 0 radical (unpaired) electrons. The average Bonchev–Trinajstić information content (AvgIpc) is 2.86. The van der Waals surface area contributed by atoms with Crippen LogP contribution in [-0.2, 0) is 30.3 Å². The normalized spacial score (nSPS) is 14.5. The highest BCUT2D eigenvalue weighted by Crippen LogP contribution is 2.25. The van der Waals surface area contributed by atoms with E-state index < -0.39 is 47.1 Å². The first kappa shape index (κ1) is 35.7. The highest BCUT2D eigenvalue weighted by atomic mass is 16.6. The predicted molar refractivity (Wildman–Crippen MR) is 161 cm³/mol. The largest absolute Gasteiger partial charge is 0.463 e. The first-order chi connectivity index (χ1) is 18.8. The Balaban J connectivity index is 3.39. The summed E-state index contributed by atoms with van der Waals surface area (Å²) in [5.74, 6) is -1.23. The van der Waals surface area contributed by atoms with Gasteiger partial charge in [0.05, 0.1) is 12.6 Å². The Morgan fingerprint density at radius 3 is 1.98 bits per heavy atom. The summed E-state index contributed by atoms with van der Waals surface area (Å²) in [6, 6.07) is 7.12. The molecule has 0 spiro atoms. The molecule has 0 unspecified atom stereocenters. The van der Waals surface area contributed by atoms with E-state index in [0.717, 1.165) is 5.56 Å². The van der Waals surface area contributed by atoms with Gasteiger partial charge in [0, 0.05) is 26.1 Å². The molecular formula is C32H51N3O6. The number of carbonyl (C=O) groups excluding carboxylic acids is 4. The van der Waals surface area contributed by atoms with Crippen LogP contribution in [0.4, 0.5) is 4.79 Å². The third-order valence-corrected chi connectivity index (χ3v) is 6.62. The van der Waals surface area contributed by atoms with Crippen LogP contribution in [0.2, 0.25) is 0 Å². The zero-order chi connectivity index (χ0) is 31.7. The SMILES string of the molecule is CCOC(=O)/C(C)=C/[C@H](C(C)C)N(C)C(=O)[C@@H](NC(=O)[C@H](Cc1ccccc1)N(C)C(=O)OC(C)(C)C)C(C)(C)C. The highest BCUT2D eigenvalue weighted by molar-refractivity contribution is 5.92. The van der Waals surface area contributed by atoms with E-state index in [1.165, 1.54) is 11.9 Å². The van der Waals surface area contributed by atoms with Crippen molar-refractivity contribution >= 4 is 23.9 Å². The Kier molecular flexibility index (Phi) is 13.1. The molecule has 0 fully saturated rings. The van der Waals surface area contributed by atoms with Gasteiger partial charge in [-0.1, -0.05) is 71.0 Å². The molecule has 0 aliphatic heterocycles. The van der Waals surface area contributed by atoms with Gasteiger partial charge < -0.3 is 19.7 Å². The lowest BCUT2D eigenvalue weighted by atomic mass is 9.84. The quantitative estimate of drug-likeness (QED) is 0.296. The number of amides is 3. The topological polar surface area (TPSA) is 105 Å². The maximum atomic E-state index is 14.0. The molecule has 0 aromatic heterocycles. The number of nitrogens with zero attached hydrogens (tertiary/aromatic N) is 2.